The van der Waals surface area contributed by atoms with Crippen molar-refractivity contribution in [2.45, 2.75) is 0 Å². The minimum atomic E-state index is 1.07. The highest BCUT2D eigenvalue weighted by Gasteiger charge is 2.25. The Hall–Kier alpha value is -11.1. The quantitative estimate of drug-likeness (QED) is 0.113. The molecule has 0 saturated carbocycles. The van der Waals surface area contributed by atoms with Gasteiger partial charge in [-0.2, -0.15) is 0 Å². The molecule has 0 N–H and O–H groups in total. The summed E-state index contributed by atoms with van der Waals surface area (Å²) in [7, 11) is 0. The van der Waals surface area contributed by atoms with E-state index in [1.807, 2.05) is 0 Å². The average Bonchev–Trinajstić information content (AvgIpc) is 1.71. The van der Waals surface area contributed by atoms with Crippen LogP contribution in [0.15, 0.2) is 340 Å². The van der Waals surface area contributed by atoms with Crippen LogP contribution in [0.4, 0.5) is 34.1 Å². The molecular weight excluding hydrogens is 1010 g/mol. The first-order valence-corrected chi connectivity index (χ1v) is 28.9. The highest BCUT2D eigenvalue weighted by Crippen LogP contribution is 2.51. The Balaban J connectivity index is 0.820. The van der Waals surface area contributed by atoms with Crippen molar-refractivity contribution in [3.8, 4) is 66.8 Å². The van der Waals surface area contributed by atoms with Crippen LogP contribution in [-0.4, -0.2) is 0 Å². The van der Waals surface area contributed by atoms with E-state index in [1.165, 1.54) is 70.9 Å². The van der Waals surface area contributed by atoms with E-state index in [9.17, 15) is 0 Å². The van der Waals surface area contributed by atoms with Crippen molar-refractivity contribution in [2.75, 3.05) is 9.80 Å². The van der Waals surface area contributed by atoms with E-state index in [-0.39, 0.29) is 0 Å². The molecule has 0 spiro atoms. The van der Waals surface area contributed by atoms with Gasteiger partial charge in [0.15, 0.2) is 0 Å². The molecule has 0 radical (unpaired) electrons. The SMILES string of the molecule is c1ccc(-c2cccc(N(c3cccc(-c4cccc(-c5ccc(-c6cccc(N(c7ccccc7-c7ccccc7)c7cc8ccccc8c8ccccc78)c6)cc5)c4)c3)c3c(-c4ccccc4)c4ccccc4c4ccccc34)c2)cc1. The van der Waals surface area contributed by atoms with Crippen molar-refractivity contribution in [1.82, 2.24) is 0 Å². The molecule has 0 bridgehead atoms. The number of rotatable bonds is 12. The lowest BCUT2D eigenvalue weighted by atomic mass is 9.89. The summed E-state index contributed by atoms with van der Waals surface area (Å²) in [4.78, 5) is 4.96. The predicted octanol–water partition coefficient (Wildman–Crippen LogP) is 23.2. The predicted molar refractivity (Wildman–Crippen MR) is 358 cm³/mol. The van der Waals surface area contributed by atoms with E-state index in [2.05, 4.69) is 350 Å². The second kappa shape index (κ2) is 21.8. The van der Waals surface area contributed by atoms with Crippen LogP contribution in [-0.2, 0) is 0 Å². The van der Waals surface area contributed by atoms with Gasteiger partial charge < -0.3 is 9.80 Å². The van der Waals surface area contributed by atoms with Gasteiger partial charge in [0.2, 0.25) is 0 Å². The molecule has 0 amide bonds. The first-order valence-electron chi connectivity index (χ1n) is 28.9. The summed E-state index contributed by atoms with van der Waals surface area (Å²) in [5.41, 5.74) is 20.6. The fraction of sp³-hybridized carbons (Fsp3) is 0. The van der Waals surface area contributed by atoms with E-state index in [0.717, 1.165) is 73.1 Å². The summed E-state index contributed by atoms with van der Waals surface area (Å²) in [5, 5.41) is 9.74. The van der Waals surface area contributed by atoms with Crippen LogP contribution < -0.4 is 9.80 Å². The molecule has 0 aromatic heterocycles. The molecule has 0 fully saturated rings. The summed E-state index contributed by atoms with van der Waals surface area (Å²) in [5.74, 6) is 0. The third kappa shape index (κ3) is 9.23. The molecule has 394 valence electrons. The molecule has 84 heavy (non-hydrogen) atoms. The highest BCUT2D eigenvalue weighted by atomic mass is 15.2. The van der Waals surface area contributed by atoms with Crippen LogP contribution in [0.3, 0.4) is 0 Å². The van der Waals surface area contributed by atoms with E-state index < -0.39 is 0 Å². The zero-order valence-electron chi connectivity index (χ0n) is 46.2. The van der Waals surface area contributed by atoms with Crippen molar-refractivity contribution >= 4 is 77.2 Å². The lowest BCUT2D eigenvalue weighted by Gasteiger charge is -2.31. The maximum Gasteiger partial charge on any atom is 0.0624 e. The second-order valence-electron chi connectivity index (χ2n) is 21.6. The van der Waals surface area contributed by atoms with Gasteiger partial charge in [0.05, 0.1) is 17.1 Å². The highest BCUT2D eigenvalue weighted by molar-refractivity contribution is 6.22. The molecule has 0 heterocycles. The molecule has 15 rings (SSSR count). The lowest BCUT2D eigenvalue weighted by molar-refractivity contribution is 1.30. The molecule has 15 aromatic rings. The molecule has 2 nitrogen and oxygen atoms in total. The summed E-state index contributed by atoms with van der Waals surface area (Å²) in [6, 6.07) is 124. The van der Waals surface area contributed by atoms with Crippen molar-refractivity contribution in [2.24, 2.45) is 0 Å². The van der Waals surface area contributed by atoms with E-state index in [4.69, 9.17) is 0 Å². The number of hydrogen-bond donors (Lipinski definition) is 0. The van der Waals surface area contributed by atoms with Crippen LogP contribution >= 0.6 is 0 Å². The van der Waals surface area contributed by atoms with Crippen molar-refractivity contribution in [3.63, 3.8) is 0 Å². The molecule has 0 saturated heterocycles. The molecule has 0 aliphatic carbocycles. The maximum atomic E-state index is 2.50. The van der Waals surface area contributed by atoms with Gasteiger partial charge in [-0.05, 0) is 143 Å². The smallest absolute Gasteiger partial charge is 0.0624 e. The van der Waals surface area contributed by atoms with Gasteiger partial charge in [0.1, 0.15) is 0 Å². The summed E-state index contributed by atoms with van der Waals surface area (Å²) in [6.45, 7) is 0. The van der Waals surface area contributed by atoms with Gasteiger partial charge >= 0.3 is 0 Å². The topological polar surface area (TPSA) is 6.48 Å². The molecule has 0 aliphatic rings. The van der Waals surface area contributed by atoms with Crippen molar-refractivity contribution in [3.05, 3.63) is 340 Å². The number of benzene rings is 15. The molecule has 2 heteroatoms. The molecule has 0 unspecified atom stereocenters. The van der Waals surface area contributed by atoms with Crippen LogP contribution in [0.2, 0.25) is 0 Å². The minimum Gasteiger partial charge on any atom is -0.309 e. The van der Waals surface area contributed by atoms with Gasteiger partial charge in [0, 0.05) is 39.0 Å². The van der Waals surface area contributed by atoms with Gasteiger partial charge in [-0.15, -0.1) is 0 Å². The zero-order valence-corrected chi connectivity index (χ0v) is 46.2. The van der Waals surface area contributed by atoms with Crippen LogP contribution in [0.5, 0.6) is 0 Å². The lowest BCUT2D eigenvalue weighted by Crippen LogP contribution is -2.12. The summed E-state index contributed by atoms with van der Waals surface area (Å²) in [6.07, 6.45) is 0. The Morgan fingerprint density at radius 3 is 1.14 bits per heavy atom. The fourth-order valence-corrected chi connectivity index (χ4v) is 12.7. The van der Waals surface area contributed by atoms with Gasteiger partial charge in [-0.3, -0.25) is 0 Å². The van der Waals surface area contributed by atoms with E-state index >= 15 is 0 Å². The number of fused-ring (bicyclic) bond motifs is 6. The van der Waals surface area contributed by atoms with E-state index in [1.54, 1.807) is 0 Å². The van der Waals surface area contributed by atoms with Crippen LogP contribution in [0, 0.1) is 0 Å². The zero-order chi connectivity index (χ0) is 55.8. The first kappa shape index (κ1) is 49.9. The summed E-state index contributed by atoms with van der Waals surface area (Å²) >= 11 is 0. The monoisotopic (exact) mass is 1070 g/mol. The van der Waals surface area contributed by atoms with Crippen molar-refractivity contribution < 1.29 is 0 Å². The van der Waals surface area contributed by atoms with E-state index in [0.29, 0.717) is 0 Å². The largest absolute Gasteiger partial charge is 0.309 e. The average molecular weight is 1070 g/mol. The van der Waals surface area contributed by atoms with Crippen molar-refractivity contribution in [1.29, 1.82) is 0 Å². The Labute approximate surface area is 490 Å². The molecular formula is C82H56N2. The Morgan fingerprint density at radius 2 is 0.548 bits per heavy atom. The fourth-order valence-electron chi connectivity index (χ4n) is 12.7. The van der Waals surface area contributed by atoms with Gasteiger partial charge in [0.25, 0.3) is 0 Å². The number of anilines is 6. The van der Waals surface area contributed by atoms with Crippen LogP contribution in [0.1, 0.15) is 0 Å². The standard InChI is InChI=1S/C82H56N2/c1-4-24-57(25-5-1)64-33-21-36-68(53-64)83(82-78-46-17-14-43-75(78)74-42-13-16-45-77(74)81(82)61-28-8-3-9-29-61)69-37-23-35-66(55-69)63-32-20-31-62(52-63)58-48-50-59(51-49-58)65-34-22-38-70(54-65)84(79-47-19-18-40-72(79)60-26-6-2-7-27-60)80-56-67-30-10-11-39-71(67)73-41-12-15-44-76(73)80/h1-56H. The van der Waals surface area contributed by atoms with Gasteiger partial charge in [-0.25, -0.2) is 0 Å². The Bertz CT molecular complexity index is 4890. The Morgan fingerprint density at radius 1 is 0.179 bits per heavy atom. The van der Waals surface area contributed by atoms with Crippen LogP contribution in [0.25, 0.3) is 110 Å². The third-order valence-corrected chi connectivity index (χ3v) is 16.6. The number of para-hydroxylation sites is 1. The summed E-state index contributed by atoms with van der Waals surface area (Å²) < 4.78 is 0. The Kier molecular flexibility index (Phi) is 12.9. The molecule has 0 atom stereocenters. The number of hydrogen-bond acceptors (Lipinski definition) is 2. The second-order valence-corrected chi connectivity index (χ2v) is 21.6. The molecule has 0 aliphatic heterocycles. The normalized spacial score (nSPS) is 11.3. The maximum absolute atomic E-state index is 2.50. The van der Waals surface area contributed by atoms with Gasteiger partial charge in [-0.1, -0.05) is 285 Å². The minimum absolute atomic E-state index is 1.07. The number of nitrogens with zero attached hydrogens (tertiary/aromatic N) is 2. The first-order chi connectivity index (χ1) is 41.7. The molecule has 15 aromatic carbocycles. The third-order valence-electron chi connectivity index (χ3n) is 16.6.